The predicted octanol–water partition coefficient (Wildman–Crippen LogP) is 7.97. The van der Waals surface area contributed by atoms with E-state index < -0.39 is 0 Å². The van der Waals surface area contributed by atoms with Gasteiger partial charge in [0.15, 0.2) is 11.5 Å². The minimum absolute atomic E-state index is 0.0523. The summed E-state index contributed by atoms with van der Waals surface area (Å²) in [4.78, 5) is 0. The van der Waals surface area contributed by atoms with Crippen LogP contribution in [-0.2, 0) is 0 Å². The molecule has 0 aliphatic heterocycles. The van der Waals surface area contributed by atoms with Gasteiger partial charge in [-0.2, -0.15) is 0 Å². The van der Waals surface area contributed by atoms with Gasteiger partial charge in [-0.3, -0.25) is 0 Å². The lowest BCUT2D eigenvalue weighted by molar-refractivity contribution is 0.411. The lowest BCUT2D eigenvalue weighted by Gasteiger charge is -2.09. The fraction of sp³-hybridized carbons (Fsp3) is 0.182. The van der Waals surface area contributed by atoms with Crippen molar-refractivity contribution in [3.63, 3.8) is 0 Å². The molecular weight excluding hydrogens is 419 g/mol. The first kappa shape index (κ1) is 22.2. The monoisotopic (exact) mass is 438 g/mol. The van der Waals surface area contributed by atoms with Gasteiger partial charge in [-0.05, 0) is 60.4 Å². The zero-order valence-corrected chi connectivity index (χ0v) is 18.0. The summed E-state index contributed by atoms with van der Waals surface area (Å²) in [6.07, 6.45) is 0. The number of ether oxygens (including phenoxy) is 1. The number of benzene rings is 3. The number of hydrogen-bond donors (Lipinski definition) is 2. The summed E-state index contributed by atoms with van der Waals surface area (Å²) >= 11 is 17.4. The molecule has 148 valence electrons. The molecule has 3 rings (SSSR count). The van der Waals surface area contributed by atoms with Crippen molar-refractivity contribution in [2.75, 3.05) is 0 Å². The molecule has 0 saturated carbocycles. The Balaban J connectivity index is 0.000000221. The second-order valence-corrected chi connectivity index (χ2v) is 7.79. The summed E-state index contributed by atoms with van der Waals surface area (Å²) < 4.78 is 5.45. The van der Waals surface area contributed by atoms with Crippen LogP contribution in [0.4, 0.5) is 0 Å². The van der Waals surface area contributed by atoms with E-state index in [1.807, 2.05) is 19.1 Å². The van der Waals surface area contributed by atoms with Crippen LogP contribution in [0.2, 0.25) is 15.1 Å². The van der Waals surface area contributed by atoms with E-state index in [1.165, 1.54) is 6.07 Å². The van der Waals surface area contributed by atoms with E-state index in [-0.39, 0.29) is 11.5 Å². The van der Waals surface area contributed by atoms with Crippen LogP contribution in [0.1, 0.15) is 30.9 Å². The van der Waals surface area contributed by atoms with Crippen molar-refractivity contribution in [3.8, 4) is 23.0 Å². The van der Waals surface area contributed by atoms with E-state index >= 15 is 0 Å². The molecule has 0 saturated heterocycles. The SMILES string of the molecule is Cc1ccc(C(C)C)c(O)c1.Oc1cc(Cl)ccc1Oc1ccc(Cl)cc1Cl. The number of halogens is 3. The quantitative estimate of drug-likeness (QED) is 0.435. The Kier molecular flexibility index (Phi) is 7.88. The molecule has 0 aromatic heterocycles. The highest BCUT2D eigenvalue weighted by Crippen LogP contribution is 2.36. The van der Waals surface area contributed by atoms with Crippen LogP contribution in [0, 0.1) is 6.92 Å². The van der Waals surface area contributed by atoms with Crippen LogP contribution in [0.15, 0.2) is 54.6 Å². The Morgan fingerprint density at radius 3 is 1.89 bits per heavy atom. The van der Waals surface area contributed by atoms with E-state index in [0.29, 0.717) is 32.5 Å². The lowest BCUT2D eigenvalue weighted by atomic mass is 10.0. The molecule has 0 aliphatic carbocycles. The van der Waals surface area contributed by atoms with E-state index in [1.54, 1.807) is 36.4 Å². The average molecular weight is 440 g/mol. The lowest BCUT2D eigenvalue weighted by Crippen LogP contribution is -1.87. The molecule has 3 aromatic rings. The molecule has 28 heavy (non-hydrogen) atoms. The summed E-state index contributed by atoms with van der Waals surface area (Å²) in [5.41, 5.74) is 2.13. The van der Waals surface area contributed by atoms with Crippen LogP contribution in [0.5, 0.6) is 23.0 Å². The maximum absolute atomic E-state index is 9.62. The first-order valence-corrected chi connectivity index (χ1v) is 9.71. The summed E-state index contributed by atoms with van der Waals surface area (Å²) in [6, 6.07) is 15.2. The molecule has 0 fully saturated rings. The Morgan fingerprint density at radius 2 is 1.36 bits per heavy atom. The summed E-state index contributed by atoms with van der Waals surface area (Å²) in [5.74, 6) is 1.45. The molecular formula is C22H21Cl3O3. The molecule has 0 radical (unpaired) electrons. The van der Waals surface area contributed by atoms with Gasteiger partial charge in [0.25, 0.3) is 0 Å². The van der Waals surface area contributed by atoms with E-state index in [9.17, 15) is 10.2 Å². The standard InChI is InChI=1S/C12H7Cl3O2.C10H14O/c13-7-1-3-11(9(15)5-7)17-12-4-2-8(14)6-10(12)16;1-7(2)9-5-4-8(3)6-10(9)11/h1-6,16H;4-7,11H,1-3H3. The molecule has 6 heteroatoms. The first-order valence-electron chi connectivity index (χ1n) is 8.58. The largest absolute Gasteiger partial charge is 0.508 e. The maximum atomic E-state index is 9.62. The van der Waals surface area contributed by atoms with Gasteiger partial charge >= 0.3 is 0 Å². The minimum Gasteiger partial charge on any atom is -0.508 e. The Morgan fingerprint density at radius 1 is 0.750 bits per heavy atom. The molecule has 0 atom stereocenters. The molecule has 2 N–H and O–H groups in total. The third-order valence-corrected chi connectivity index (χ3v) is 4.61. The van der Waals surface area contributed by atoms with E-state index in [4.69, 9.17) is 39.5 Å². The molecule has 0 heterocycles. The molecule has 3 aromatic carbocycles. The fourth-order valence-corrected chi connectivity index (χ4v) is 3.01. The zero-order valence-electron chi connectivity index (χ0n) is 15.7. The van der Waals surface area contributed by atoms with Crippen molar-refractivity contribution in [2.24, 2.45) is 0 Å². The molecule has 0 amide bonds. The molecule has 0 unspecified atom stereocenters. The van der Waals surface area contributed by atoms with Crippen LogP contribution >= 0.6 is 34.8 Å². The van der Waals surface area contributed by atoms with Crippen LogP contribution in [0.25, 0.3) is 0 Å². The van der Waals surface area contributed by atoms with Crippen molar-refractivity contribution >= 4 is 34.8 Å². The molecule has 0 bridgehead atoms. The van der Waals surface area contributed by atoms with E-state index in [2.05, 4.69) is 13.8 Å². The Bertz CT molecular complexity index is 906. The van der Waals surface area contributed by atoms with E-state index in [0.717, 1.165) is 11.1 Å². The number of phenols is 2. The summed E-state index contributed by atoms with van der Waals surface area (Å²) in [6.45, 7) is 6.12. The highest BCUT2D eigenvalue weighted by Gasteiger charge is 2.08. The van der Waals surface area contributed by atoms with Gasteiger partial charge in [-0.1, -0.05) is 60.8 Å². The summed E-state index contributed by atoms with van der Waals surface area (Å²) in [7, 11) is 0. The van der Waals surface area contributed by atoms with Gasteiger partial charge in [0.1, 0.15) is 11.5 Å². The van der Waals surface area contributed by atoms with Crippen molar-refractivity contribution in [1.82, 2.24) is 0 Å². The van der Waals surface area contributed by atoms with Gasteiger partial charge in [0.2, 0.25) is 0 Å². The third kappa shape index (κ3) is 6.23. The highest BCUT2D eigenvalue weighted by atomic mass is 35.5. The van der Waals surface area contributed by atoms with Gasteiger partial charge in [0.05, 0.1) is 5.02 Å². The fourth-order valence-electron chi connectivity index (χ4n) is 2.40. The second kappa shape index (κ2) is 9.92. The normalized spacial score (nSPS) is 10.4. The smallest absolute Gasteiger partial charge is 0.169 e. The highest BCUT2D eigenvalue weighted by molar-refractivity contribution is 6.35. The van der Waals surface area contributed by atoms with Crippen molar-refractivity contribution in [1.29, 1.82) is 0 Å². The molecule has 0 spiro atoms. The van der Waals surface area contributed by atoms with Gasteiger partial charge in [-0.25, -0.2) is 0 Å². The maximum Gasteiger partial charge on any atom is 0.169 e. The number of phenolic OH excluding ortho intramolecular Hbond substituents is 2. The first-order chi connectivity index (χ1) is 13.2. The summed E-state index contributed by atoms with van der Waals surface area (Å²) in [5, 5.41) is 20.4. The molecule has 0 aliphatic rings. The number of hydrogen-bond acceptors (Lipinski definition) is 3. The second-order valence-electron chi connectivity index (χ2n) is 6.51. The van der Waals surface area contributed by atoms with Gasteiger partial charge in [-0.15, -0.1) is 0 Å². The van der Waals surface area contributed by atoms with Crippen molar-refractivity contribution < 1.29 is 14.9 Å². The van der Waals surface area contributed by atoms with Crippen molar-refractivity contribution in [2.45, 2.75) is 26.7 Å². The van der Waals surface area contributed by atoms with Crippen LogP contribution < -0.4 is 4.74 Å². The average Bonchev–Trinajstić information content (AvgIpc) is 2.59. The number of aromatic hydroxyl groups is 2. The topological polar surface area (TPSA) is 49.7 Å². The van der Waals surface area contributed by atoms with Gasteiger partial charge < -0.3 is 14.9 Å². The predicted molar refractivity (Wildman–Crippen MR) is 117 cm³/mol. The number of aryl methyl sites for hydroxylation is 1. The molecule has 3 nitrogen and oxygen atoms in total. The Labute approximate surface area is 180 Å². The van der Waals surface area contributed by atoms with Gasteiger partial charge in [0, 0.05) is 16.1 Å². The van der Waals surface area contributed by atoms with Crippen LogP contribution in [0.3, 0.4) is 0 Å². The van der Waals surface area contributed by atoms with Crippen molar-refractivity contribution in [3.05, 3.63) is 80.8 Å². The number of rotatable bonds is 3. The minimum atomic E-state index is -0.0523. The zero-order chi connectivity index (χ0) is 20.8. The Hall–Kier alpha value is -2.07. The third-order valence-electron chi connectivity index (χ3n) is 3.84. The van der Waals surface area contributed by atoms with Crippen LogP contribution in [-0.4, -0.2) is 10.2 Å².